The Bertz CT molecular complexity index is 916. The number of sulfone groups is 1. The molecule has 4 rings (SSSR count). The van der Waals surface area contributed by atoms with Crippen LogP contribution in [0.1, 0.15) is 58.4 Å². The fourth-order valence-corrected chi connectivity index (χ4v) is 5.62. The first-order chi connectivity index (χ1) is 13.2. The van der Waals surface area contributed by atoms with Gasteiger partial charge in [0.05, 0.1) is 16.2 Å². The van der Waals surface area contributed by atoms with Crippen LogP contribution in [-0.4, -0.2) is 31.4 Å². The minimum atomic E-state index is -3.05. The summed E-state index contributed by atoms with van der Waals surface area (Å²) < 4.78 is 35.2. The van der Waals surface area contributed by atoms with Crippen molar-refractivity contribution in [2.45, 2.75) is 57.6 Å². The molecule has 0 spiro atoms. The highest BCUT2D eigenvalue weighted by Crippen LogP contribution is 2.38. The van der Waals surface area contributed by atoms with Crippen LogP contribution in [-0.2, 0) is 9.84 Å². The zero-order valence-electron chi connectivity index (χ0n) is 16.9. The highest BCUT2D eigenvalue weighted by atomic mass is 32.2. The Kier molecular flexibility index (Phi) is 5.02. The highest BCUT2D eigenvalue weighted by Gasteiger charge is 2.34. The van der Waals surface area contributed by atoms with Crippen LogP contribution in [0, 0.1) is 11.8 Å². The van der Waals surface area contributed by atoms with Gasteiger partial charge in [0, 0.05) is 17.7 Å². The lowest BCUT2D eigenvalue weighted by atomic mass is 9.80. The Morgan fingerprint density at radius 3 is 2.50 bits per heavy atom. The van der Waals surface area contributed by atoms with Crippen LogP contribution in [0.2, 0.25) is 0 Å². The monoisotopic (exact) mass is 403 g/mol. The van der Waals surface area contributed by atoms with Gasteiger partial charge in [-0.25, -0.2) is 8.42 Å². The molecule has 0 N–H and O–H groups in total. The standard InChI is InChI=1S/C22H29NO4S/c1-22(2,3)28(24,25)13-15-4-6-16(7-5-15)18-9-10-19(23-18)17-8-11-20-21(12-17)27-14-26-20/h8,10-12,15-16H,4-7,9,13-14H2,1-3H3. The average Bonchev–Trinajstić information content (AvgIpc) is 3.30. The number of hydrogen-bond donors (Lipinski definition) is 0. The van der Waals surface area contributed by atoms with E-state index in [4.69, 9.17) is 14.5 Å². The van der Waals surface area contributed by atoms with Crippen molar-refractivity contribution in [3.63, 3.8) is 0 Å². The summed E-state index contributed by atoms with van der Waals surface area (Å²) >= 11 is 0. The molecule has 1 aromatic carbocycles. The summed E-state index contributed by atoms with van der Waals surface area (Å²) in [6.45, 7) is 5.67. The first kappa shape index (κ1) is 19.5. The van der Waals surface area contributed by atoms with Crippen molar-refractivity contribution in [1.29, 1.82) is 0 Å². The van der Waals surface area contributed by atoms with Crippen molar-refractivity contribution in [1.82, 2.24) is 0 Å². The van der Waals surface area contributed by atoms with Crippen molar-refractivity contribution in [3.8, 4) is 11.5 Å². The summed E-state index contributed by atoms with van der Waals surface area (Å²) in [6, 6.07) is 5.96. The molecular formula is C22H29NO4S. The lowest BCUT2D eigenvalue weighted by Crippen LogP contribution is -2.34. The van der Waals surface area contributed by atoms with Gasteiger partial charge in [-0.1, -0.05) is 6.08 Å². The van der Waals surface area contributed by atoms with E-state index in [-0.39, 0.29) is 12.7 Å². The molecule has 5 nitrogen and oxygen atoms in total. The van der Waals surface area contributed by atoms with E-state index >= 15 is 0 Å². The van der Waals surface area contributed by atoms with Gasteiger partial charge in [0.1, 0.15) is 0 Å². The second-order valence-corrected chi connectivity index (χ2v) is 11.9. The van der Waals surface area contributed by atoms with Crippen LogP contribution in [0.3, 0.4) is 0 Å². The van der Waals surface area contributed by atoms with Crippen molar-refractivity contribution >= 4 is 21.2 Å². The summed E-state index contributed by atoms with van der Waals surface area (Å²) in [6.07, 6.45) is 7.08. The number of aliphatic imine (C=N–C) groups is 1. The summed E-state index contributed by atoms with van der Waals surface area (Å²) in [5, 5.41) is 0. The van der Waals surface area contributed by atoms with Crippen LogP contribution >= 0.6 is 0 Å². The Balaban J connectivity index is 1.37. The maximum atomic E-state index is 12.5. The van der Waals surface area contributed by atoms with Gasteiger partial charge in [0.15, 0.2) is 21.3 Å². The minimum absolute atomic E-state index is 0.278. The number of ether oxygens (including phenoxy) is 2. The van der Waals surface area contributed by atoms with Crippen molar-refractivity contribution < 1.29 is 17.9 Å². The molecule has 1 fully saturated rings. The van der Waals surface area contributed by atoms with E-state index in [1.54, 1.807) is 20.8 Å². The largest absolute Gasteiger partial charge is 0.454 e. The van der Waals surface area contributed by atoms with Gasteiger partial charge in [0.25, 0.3) is 0 Å². The minimum Gasteiger partial charge on any atom is -0.454 e. The Labute approximate surface area is 167 Å². The fourth-order valence-electron chi connectivity index (χ4n) is 4.17. The highest BCUT2D eigenvalue weighted by molar-refractivity contribution is 7.92. The molecule has 3 aliphatic rings. The van der Waals surface area contributed by atoms with E-state index < -0.39 is 14.6 Å². The van der Waals surface area contributed by atoms with E-state index in [2.05, 4.69) is 6.08 Å². The molecule has 1 aromatic rings. The number of fused-ring (bicyclic) bond motifs is 1. The zero-order valence-corrected chi connectivity index (χ0v) is 17.7. The Morgan fingerprint density at radius 2 is 1.79 bits per heavy atom. The van der Waals surface area contributed by atoms with E-state index in [1.165, 1.54) is 5.71 Å². The van der Waals surface area contributed by atoms with E-state index in [0.29, 0.717) is 11.7 Å². The van der Waals surface area contributed by atoms with E-state index in [1.807, 2.05) is 18.2 Å². The van der Waals surface area contributed by atoms with Gasteiger partial charge in [0.2, 0.25) is 6.79 Å². The van der Waals surface area contributed by atoms with Crippen molar-refractivity contribution in [3.05, 3.63) is 29.8 Å². The molecule has 0 unspecified atom stereocenters. The number of rotatable bonds is 4. The van der Waals surface area contributed by atoms with Crippen LogP contribution in [0.5, 0.6) is 11.5 Å². The van der Waals surface area contributed by atoms with Gasteiger partial charge < -0.3 is 9.47 Å². The average molecular weight is 404 g/mol. The van der Waals surface area contributed by atoms with Gasteiger partial charge in [-0.05, 0) is 76.5 Å². The Morgan fingerprint density at radius 1 is 1.07 bits per heavy atom. The summed E-state index contributed by atoms with van der Waals surface area (Å²) in [4.78, 5) is 4.91. The lowest BCUT2D eigenvalue weighted by Gasteiger charge is -2.30. The van der Waals surface area contributed by atoms with E-state index in [0.717, 1.165) is 54.9 Å². The first-order valence-corrected chi connectivity index (χ1v) is 11.8. The normalized spacial score (nSPS) is 24.8. The fraction of sp³-hybridized carbons (Fsp3) is 0.591. The third kappa shape index (κ3) is 3.84. The maximum absolute atomic E-state index is 12.5. The summed E-state index contributed by atoms with van der Waals surface area (Å²) in [5.41, 5.74) is 3.31. The van der Waals surface area contributed by atoms with Crippen LogP contribution in [0.15, 0.2) is 29.3 Å². The second kappa shape index (κ2) is 7.21. The number of nitrogens with zero attached hydrogens (tertiary/aromatic N) is 1. The SMILES string of the molecule is CC(C)(C)S(=O)(=O)CC1CCC(C2=NC(c3ccc4c(c3)OCO4)=CC2)CC1. The van der Waals surface area contributed by atoms with E-state index in [9.17, 15) is 8.42 Å². The van der Waals surface area contributed by atoms with Gasteiger partial charge in [-0.3, -0.25) is 4.99 Å². The Hall–Kier alpha value is -1.82. The molecule has 0 bridgehead atoms. The zero-order chi connectivity index (χ0) is 19.9. The van der Waals surface area contributed by atoms with Gasteiger partial charge in [-0.15, -0.1) is 0 Å². The van der Waals surface area contributed by atoms with Crippen LogP contribution in [0.25, 0.3) is 5.70 Å². The summed E-state index contributed by atoms with van der Waals surface area (Å²) in [7, 11) is -3.05. The summed E-state index contributed by atoms with van der Waals surface area (Å²) in [5.74, 6) is 2.63. The third-order valence-electron chi connectivity index (χ3n) is 6.14. The number of allylic oxidation sites excluding steroid dienone is 1. The van der Waals surface area contributed by atoms with Crippen LogP contribution in [0.4, 0.5) is 0 Å². The second-order valence-electron chi connectivity index (χ2n) is 9.08. The van der Waals surface area contributed by atoms with Crippen molar-refractivity contribution in [2.24, 2.45) is 16.8 Å². The molecule has 152 valence electrons. The molecule has 1 aliphatic carbocycles. The molecule has 0 aromatic heterocycles. The molecule has 0 radical (unpaired) electrons. The van der Waals surface area contributed by atoms with Crippen molar-refractivity contribution in [2.75, 3.05) is 12.5 Å². The van der Waals surface area contributed by atoms with Gasteiger partial charge in [-0.2, -0.15) is 0 Å². The molecule has 1 saturated carbocycles. The lowest BCUT2D eigenvalue weighted by molar-refractivity contribution is 0.174. The third-order valence-corrected chi connectivity index (χ3v) is 8.92. The predicted octanol–water partition coefficient (Wildman–Crippen LogP) is 4.62. The maximum Gasteiger partial charge on any atom is 0.231 e. The molecule has 28 heavy (non-hydrogen) atoms. The molecule has 6 heteroatoms. The smallest absolute Gasteiger partial charge is 0.231 e. The molecular weight excluding hydrogens is 374 g/mol. The topological polar surface area (TPSA) is 65.0 Å². The number of benzene rings is 1. The number of hydrogen-bond acceptors (Lipinski definition) is 5. The quantitative estimate of drug-likeness (QED) is 0.736. The van der Waals surface area contributed by atoms with Gasteiger partial charge >= 0.3 is 0 Å². The molecule has 0 saturated heterocycles. The first-order valence-electron chi connectivity index (χ1n) is 10.1. The van der Waals surface area contributed by atoms with Crippen LogP contribution < -0.4 is 9.47 Å². The predicted molar refractivity (Wildman–Crippen MR) is 112 cm³/mol. The molecule has 2 aliphatic heterocycles. The molecule has 0 amide bonds. The molecule has 0 atom stereocenters. The molecule has 2 heterocycles.